The van der Waals surface area contributed by atoms with Crippen molar-refractivity contribution < 1.29 is 8.78 Å². The third kappa shape index (κ3) is 2.30. The van der Waals surface area contributed by atoms with Gasteiger partial charge in [-0.1, -0.05) is 6.92 Å². The smallest absolute Gasteiger partial charge is 0.137 e. The first-order chi connectivity index (χ1) is 6.60. The minimum absolute atomic E-state index is 0.141. The van der Waals surface area contributed by atoms with Gasteiger partial charge in [-0.05, 0) is 41.5 Å². The Hall–Kier alpha value is -0.480. The molecule has 0 amide bonds. The molecule has 0 fully saturated rings. The van der Waals surface area contributed by atoms with Gasteiger partial charge in [0, 0.05) is 11.6 Å². The highest BCUT2D eigenvalue weighted by molar-refractivity contribution is 9.10. The summed E-state index contributed by atoms with van der Waals surface area (Å²) in [5, 5.41) is 2.93. The van der Waals surface area contributed by atoms with Gasteiger partial charge in [-0.25, -0.2) is 8.78 Å². The van der Waals surface area contributed by atoms with Crippen molar-refractivity contribution in [3.63, 3.8) is 0 Å². The first-order valence-electron chi connectivity index (χ1n) is 4.41. The highest BCUT2D eigenvalue weighted by atomic mass is 79.9. The van der Waals surface area contributed by atoms with Crippen LogP contribution in [0.5, 0.6) is 0 Å². The molecular formula is C10H12BrF2N. The van der Waals surface area contributed by atoms with Gasteiger partial charge in [0.1, 0.15) is 11.6 Å². The van der Waals surface area contributed by atoms with Gasteiger partial charge < -0.3 is 5.32 Å². The molecular weight excluding hydrogens is 252 g/mol. The van der Waals surface area contributed by atoms with Crippen molar-refractivity contribution in [1.29, 1.82) is 0 Å². The summed E-state index contributed by atoms with van der Waals surface area (Å²) in [7, 11) is 1.73. The summed E-state index contributed by atoms with van der Waals surface area (Å²) in [5.74, 6) is -0.824. The van der Waals surface area contributed by atoms with Gasteiger partial charge in [0.25, 0.3) is 0 Å². The van der Waals surface area contributed by atoms with Crippen LogP contribution < -0.4 is 5.32 Å². The Bertz CT molecular complexity index is 324. The molecule has 14 heavy (non-hydrogen) atoms. The van der Waals surface area contributed by atoms with Crippen LogP contribution in [0.25, 0.3) is 0 Å². The molecule has 0 aromatic heterocycles. The summed E-state index contributed by atoms with van der Waals surface area (Å²) >= 11 is 2.94. The van der Waals surface area contributed by atoms with Crippen molar-refractivity contribution in [2.75, 3.05) is 7.05 Å². The van der Waals surface area contributed by atoms with Gasteiger partial charge in [-0.15, -0.1) is 0 Å². The molecule has 0 saturated heterocycles. The van der Waals surface area contributed by atoms with Crippen LogP contribution >= 0.6 is 15.9 Å². The molecule has 1 N–H and O–H groups in total. The van der Waals surface area contributed by atoms with Crippen molar-refractivity contribution in [3.05, 3.63) is 33.8 Å². The Balaban J connectivity index is 3.14. The van der Waals surface area contributed by atoms with Crippen molar-refractivity contribution in [3.8, 4) is 0 Å². The van der Waals surface area contributed by atoms with Crippen molar-refractivity contribution in [2.24, 2.45) is 0 Å². The Morgan fingerprint density at radius 2 is 2.00 bits per heavy atom. The van der Waals surface area contributed by atoms with Gasteiger partial charge in [-0.2, -0.15) is 0 Å². The average Bonchev–Trinajstić information content (AvgIpc) is 2.15. The number of rotatable bonds is 3. The fourth-order valence-corrected chi connectivity index (χ4v) is 1.70. The Kier molecular flexibility index (Phi) is 4.01. The number of hydrogen-bond acceptors (Lipinski definition) is 1. The van der Waals surface area contributed by atoms with Crippen LogP contribution in [-0.2, 0) is 0 Å². The van der Waals surface area contributed by atoms with Crippen molar-refractivity contribution >= 4 is 15.9 Å². The predicted molar refractivity (Wildman–Crippen MR) is 56.1 cm³/mol. The van der Waals surface area contributed by atoms with E-state index in [4.69, 9.17) is 0 Å². The molecule has 1 atom stereocenters. The molecule has 0 aliphatic rings. The third-order valence-corrected chi connectivity index (χ3v) is 2.78. The maximum Gasteiger partial charge on any atom is 0.137 e. The molecule has 0 heterocycles. The molecule has 1 aromatic carbocycles. The molecule has 0 radical (unpaired) electrons. The molecule has 0 aliphatic carbocycles. The van der Waals surface area contributed by atoms with E-state index in [1.165, 1.54) is 6.07 Å². The molecule has 1 aromatic rings. The number of nitrogens with one attached hydrogen (secondary N) is 1. The van der Waals surface area contributed by atoms with Gasteiger partial charge in [0.15, 0.2) is 0 Å². The molecule has 1 rings (SSSR count). The molecule has 1 unspecified atom stereocenters. The van der Waals surface area contributed by atoms with E-state index in [1.54, 1.807) is 7.05 Å². The average molecular weight is 264 g/mol. The number of benzene rings is 1. The summed E-state index contributed by atoms with van der Waals surface area (Å²) in [6, 6.07) is 2.24. The maximum atomic E-state index is 13.4. The minimum Gasteiger partial charge on any atom is -0.313 e. The second-order valence-corrected chi connectivity index (χ2v) is 3.89. The fourth-order valence-electron chi connectivity index (χ4n) is 1.38. The van der Waals surface area contributed by atoms with E-state index >= 15 is 0 Å². The Labute approximate surface area is 90.6 Å². The van der Waals surface area contributed by atoms with Gasteiger partial charge in [0.05, 0.1) is 4.47 Å². The van der Waals surface area contributed by atoms with Crippen LogP contribution in [0, 0.1) is 11.6 Å². The monoisotopic (exact) mass is 263 g/mol. The lowest BCUT2D eigenvalue weighted by atomic mass is 10.0. The molecule has 0 saturated carbocycles. The van der Waals surface area contributed by atoms with Crippen molar-refractivity contribution in [1.82, 2.24) is 5.32 Å². The molecule has 0 bridgehead atoms. The molecule has 0 aliphatic heterocycles. The van der Waals surface area contributed by atoms with Gasteiger partial charge in [0.2, 0.25) is 0 Å². The molecule has 0 spiro atoms. The molecule has 4 heteroatoms. The maximum absolute atomic E-state index is 13.4. The van der Waals surface area contributed by atoms with Crippen molar-refractivity contribution in [2.45, 2.75) is 19.4 Å². The first kappa shape index (κ1) is 11.6. The number of halogens is 3. The second kappa shape index (κ2) is 4.84. The lowest BCUT2D eigenvalue weighted by molar-refractivity contribution is 0.513. The van der Waals surface area contributed by atoms with Crippen LogP contribution in [0.3, 0.4) is 0 Å². The van der Waals surface area contributed by atoms with E-state index in [1.807, 2.05) is 6.92 Å². The summed E-state index contributed by atoms with van der Waals surface area (Å²) in [6.07, 6.45) is 0.717. The SMILES string of the molecule is CCC(NC)c1cc(F)c(Br)cc1F. The van der Waals surface area contributed by atoms with E-state index in [2.05, 4.69) is 21.2 Å². The first-order valence-corrected chi connectivity index (χ1v) is 5.21. The fraction of sp³-hybridized carbons (Fsp3) is 0.400. The van der Waals surface area contributed by atoms with Gasteiger partial charge >= 0.3 is 0 Å². The normalized spacial score (nSPS) is 12.9. The van der Waals surface area contributed by atoms with E-state index in [0.717, 1.165) is 6.07 Å². The lowest BCUT2D eigenvalue weighted by Gasteiger charge is -2.15. The topological polar surface area (TPSA) is 12.0 Å². The summed E-state index contributed by atoms with van der Waals surface area (Å²) in [5.41, 5.74) is 0.371. The van der Waals surface area contributed by atoms with Gasteiger partial charge in [-0.3, -0.25) is 0 Å². The van der Waals surface area contributed by atoms with Crippen LogP contribution in [0.1, 0.15) is 24.9 Å². The second-order valence-electron chi connectivity index (χ2n) is 3.04. The van der Waals surface area contributed by atoms with E-state index in [9.17, 15) is 8.78 Å². The van der Waals surface area contributed by atoms with Crippen LogP contribution in [0.4, 0.5) is 8.78 Å². The van der Waals surface area contributed by atoms with E-state index in [-0.39, 0.29) is 16.3 Å². The quantitative estimate of drug-likeness (QED) is 0.825. The van der Waals surface area contributed by atoms with Crippen LogP contribution in [0.2, 0.25) is 0 Å². The standard InChI is InChI=1S/C10H12BrF2N/c1-3-10(14-2)6-4-9(13)7(11)5-8(6)12/h4-5,10,14H,3H2,1-2H3. The van der Waals surface area contributed by atoms with Crippen LogP contribution in [-0.4, -0.2) is 7.05 Å². The summed E-state index contributed by atoms with van der Waals surface area (Å²) in [6.45, 7) is 1.92. The summed E-state index contributed by atoms with van der Waals surface area (Å²) < 4.78 is 26.7. The zero-order valence-corrected chi connectivity index (χ0v) is 9.66. The molecule has 78 valence electrons. The lowest BCUT2D eigenvalue weighted by Crippen LogP contribution is -2.17. The zero-order valence-electron chi connectivity index (χ0n) is 8.07. The Morgan fingerprint density at radius 1 is 1.36 bits per heavy atom. The van der Waals surface area contributed by atoms with E-state index in [0.29, 0.717) is 12.0 Å². The summed E-state index contributed by atoms with van der Waals surface area (Å²) in [4.78, 5) is 0. The minimum atomic E-state index is -0.435. The highest BCUT2D eigenvalue weighted by Crippen LogP contribution is 2.25. The van der Waals surface area contributed by atoms with Crippen LogP contribution in [0.15, 0.2) is 16.6 Å². The Morgan fingerprint density at radius 3 is 2.50 bits per heavy atom. The largest absolute Gasteiger partial charge is 0.313 e. The zero-order chi connectivity index (χ0) is 10.7. The van der Waals surface area contributed by atoms with E-state index < -0.39 is 5.82 Å². The number of hydrogen-bond donors (Lipinski definition) is 1. The molecule has 1 nitrogen and oxygen atoms in total. The highest BCUT2D eigenvalue weighted by Gasteiger charge is 2.14. The predicted octanol–water partition coefficient (Wildman–Crippen LogP) is 3.40. The third-order valence-electron chi connectivity index (χ3n) is 2.17.